The van der Waals surface area contributed by atoms with Crippen molar-refractivity contribution in [3.8, 4) is 0 Å². The third-order valence-electron chi connectivity index (χ3n) is 4.93. The fraction of sp³-hybridized carbons (Fsp3) is 0.389. The Labute approximate surface area is 187 Å². The van der Waals surface area contributed by atoms with Gasteiger partial charge in [0.2, 0.25) is 0 Å². The fourth-order valence-corrected chi connectivity index (χ4v) is 6.46. The van der Waals surface area contributed by atoms with Gasteiger partial charge in [-0.15, -0.1) is 11.3 Å². The first-order valence-corrected chi connectivity index (χ1v) is 12.0. The number of amides is 1. The van der Waals surface area contributed by atoms with E-state index in [0.29, 0.717) is 10.6 Å². The number of nitrogens with zero attached hydrogens (tertiary/aromatic N) is 2. The van der Waals surface area contributed by atoms with Crippen LogP contribution in [-0.4, -0.2) is 35.6 Å². The number of hydrogen-bond donors (Lipinski definition) is 2. The number of halogens is 3. The zero-order valence-corrected chi connectivity index (χ0v) is 19.4. The summed E-state index contributed by atoms with van der Waals surface area (Å²) >= 11 is 13.3. The molecule has 0 aliphatic carbocycles. The fourth-order valence-electron chi connectivity index (χ4n) is 2.93. The Bertz CT molecular complexity index is 1160. The van der Waals surface area contributed by atoms with Gasteiger partial charge in [0.1, 0.15) is 21.9 Å². The number of aromatic nitrogens is 1. The minimum atomic E-state index is -3.61. The average Bonchev–Trinajstić information content (AvgIpc) is 3.01. The maximum atomic E-state index is 13.1. The topological polar surface area (TPSA) is 115 Å². The number of carbonyl (C=O) groups is 1. The zero-order valence-electron chi connectivity index (χ0n) is 16.3. The Morgan fingerprint density at radius 1 is 1.30 bits per heavy atom. The second kappa shape index (κ2) is 7.74. The van der Waals surface area contributed by atoms with E-state index >= 15 is 0 Å². The van der Waals surface area contributed by atoms with Crippen molar-refractivity contribution in [3.63, 3.8) is 0 Å². The van der Waals surface area contributed by atoms with Gasteiger partial charge >= 0.3 is 0 Å². The molecule has 0 aromatic carbocycles. The van der Waals surface area contributed by atoms with Crippen LogP contribution in [0, 0.1) is 5.82 Å². The molecule has 0 radical (unpaired) electrons. The van der Waals surface area contributed by atoms with Gasteiger partial charge in [-0.05, 0) is 32.9 Å². The minimum absolute atomic E-state index is 0.0104. The first-order chi connectivity index (χ1) is 13.8. The van der Waals surface area contributed by atoms with E-state index in [4.69, 9.17) is 28.9 Å². The first kappa shape index (κ1) is 22.9. The summed E-state index contributed by atoms with van der Waals surface area (Å²) in [4.78, 5) is 21.5. The normalized spacial score (nSPS) is 22.4. The predicted octanol–water partition coefficient (Wildman–Crippen LogP) is 3.30. The van der Waals surface area contributed by atoms with Gasteiger partial charge in [-0.3, -0.25) is 14.8 Å². The maximum absolute atomic E-state index is 13.1. The van der Waals surface area contributed by atoms with E-state index in [1.165, 1.54) is 19.9 Å². The van der Waals surface area contributed by atoms with Crippen molar-refractivity contribution in [2.45, 2.75) is 37.6 Å². The van der Waals surface area contributed by atoms with Gasteiger partial charge in [0.15, 0.2) is 9.84 Å². The van der Waals surface area contributed by atoms with Crippen molar-refractivity contribution < 1.29 is 17.6 Å². The van der Waals surface area contributed by atoms with Gasteiger partial charge in [-0.2, -0.15) is 0 Å². The Morgan fingerprint density at radius 2 is 1.97 bits per heavy atom. The van der Waals surface area contributed by atoms with Crippen molar-refractivity contribution in [1.29, 1.82) is 0 Å². The number of nitrogens with two attached hydrogens (primary N) is 1. The zero-order chi connectivity index (χ0) is 22.5. The van der Waals surface area contributed by atoms with Gasteiger partial charge in [-0.1, -0.05) is 23.2 Å². The third-order valence-corrected chi connectivity index (χ3v) is 9.76. The van der Waals surface area contributed by atoms with Crippen LogP contribution in [0.1, 0.15) is 41.0 Å². The molecule has 0 bridgehead atoms. The number of nitrogens with one attached hydrogen (secondary N) is 1. The van der Waals surface area contributed by atoms with Crippen molar-refractivity contribution in [2.24, 2.45) is 10.7 Å². The lowest BCUT2D eigenvalue weighted by molar-refractivity contribution is 0.0954. The summed E-state index contributed by atoms with van der Waals surface area (Å²) in [5, 5.41) is 2.94. The lowest BCUT2D eigenvalue weighted by Gasteiger charge is -2.37. The SMILES string of the molecule is CC1(c2sc(C(=O)NCc3ncc(F)cc3Cl)cc2Cl)CS(=O)(=O)C(C)(C)C(N)=N1. The van der Waals surface area contributed by atoms with E-state index in [1.54, 1.807) is 6.92 Å². The minimum Gasteiger partial charge on any atom is -0.386 e. The van der Waals surface area contributed by atoms with Gasteiger partial charge in [-0.25, -0.2) is 12.8 Å². The van der Waals surface area contributed by atoms with Gasteiger partial charge < -0.3 is 11.1 Å². The van der Waals surface area contributed by atoms with E-state index in [0.717, 1.165) is 23.6 Å². The van der Waals surface area contributed by atoms with Crippen LogP contribution in [0.4, 0.5) is 4.39 Å². The van der Waals surface area contributed by atoms with Crippen LogP contribution in [0.3, 0.4) is 0 Å². The number of sulfone groups is 1. The lowest BCUT2D eigenvalue weighted by atomic mass is 10.0. The Kier molecular flexibility index (Phi) is 5.92. The smallest absolute Gasteiger partial charge is 0.261 e. The molecule has 2 aromatic heterocycles. The molecular weight excluding hydrogens is 474 g/mol. The lowest BCUT2D eigenvalue weighted by Crippen LogP contribution is -2.54. The molecule has 30 heavy (non-hydrogen) atoms. The molecule has 0 spiro atoms. The van der Waals surface area contributed by atoms with Crippen molar-refractivity contribution in [1.82, 2.24) is 10.3 Å². The van der Waals surface area contributed by atoms with E-state index in [9.17, 15) is 17.6 Å². The van der Waals surface area contributed by atoms with Crippen LogP contribution in [-0.2, 0) is 21.9 Å². The molecule has 1 atom stereocenters. The van der Waals surface area contributed by atoms with Crippen LogP contribution in [0.15, 0.2) is 23.3 Å². The Balaban J connectivity index is 1.86. The maximum Gasteiger partial charge on any atom is 0.261 e. The van der Waals surface area contributed by atoms with E-state index in [-0.39, 0.29) is 33.1 Å². The molecule has 12 heteroatoms. The number of amidine groups is 1. The number of aliphatic imine (C=N–C) groups is 1. The van der Waals surface area contributed by atoms with Crippen LogP contribution in [0.2, 0.25) is 10.0 Å². The second-order valence-electron chi connectivity index (χ2n) is 7.59. The molecule has 0 saturated heterocycles. The summed E-state index contributed by atoms with van der Waals surface area (Å²) in [6.45, 7) is 4.61. The van der Waals surface area contributed by atoms with Crippen LogP contribution in [0.5, 0.6) is 0 Å². The molecule has 7 nitrogen and oxygen atoms in total. The van der Waals surface area contributed by atoms with Crippen molar-refractivity contribution in [3.05, 3.63) is 49.6 Å². The van der Waals surface area contributed by atoms with Crippen LogP contribution >= 0.6 is 34.5 Å². The summed E-state index contributed by atoms with van der Waals surface area (Å²) in [5.74, 6) is -1.34. The largest absolute Gasteiger partial charge is 0.386 e. The number of hydrogen-bond acceptors (Lipinski definition) is 7. The highest BCUT2D eigenvalue weighted by Gasteiger charge is 2.50. The molecule has 3 heterocycles. The highest BCUT2D eigenvalue weighted by atomic mass is 35.5. The van der Waals surface area contributed by atoms with Crippen LogP contribution in [0.25, 0.3) is 0 Å². The number of carbonyl (C=O) groups excluding carboxylic acids is 1. The Hall–Kier alpha value is -1.75. The highest BCUT2D eigenvalue weighted by Crippen LogP contribution is 2.43. The molecule has 2 aromatic rings. The molecule has 1 aliphatic heterocycles. The van der Waals surface area contributed by atoms with Crippen molar-refractivity contribution in [2.75, 3.05) is 5.75 Å². The van der Waals surface area contributed by atoms with E-state index in [2.05, 4.69) is 15.3 Å². The number of pyridine rings is 1. The van der Waals surface area contributed by atoms with Gasteiger partial charge in [0.25, 0.3) is 5.91 Å². The highest BCUT2D eigenvalue weighted by molar-refractivity contribution is 7.93. The number of rotatable bonds is 4. The van der Waals surface area contributed by atoms with Gasteiger partial charge in [0.05, 0.1) is 44.0 Å². The average molecular weight is 493 g/mol. The molecule has 3 rings (SSSR count). The summed E-state index contributed by atoms with van der Waals surface area (Å²) in [6, 6.07) is 2.55. The molecule has 0 saturated carbocycles. The Morgan fingerprint density at radius 3 is 2.57 bits per heavy atom. The van der Waals surface area contributed by atoms with Crippen molar-refractivity contribution >= 4 is 56.1 Å². The van der Waals surface area contributed by atoms with Crippen LogP contribution < -0.4 is 11.1 Å². The summed E-state index contributed by atoms with van der Waals surface area (Å²) in [5.41, 5.74) is 5.06. The molecule has 1 aliphatic rings. The molecular formula is C18H19Cl2FN4O3S2. The molecule has 162 valence electrons. The second-order valence-corrected chi connectivity index (χ2v) is 12.0. The molecule has 1 unspecified atom stereocenters. The van der Waals surface area contributed by atoms with Gasteiger partial charge in [0, 0.05) is 0 Å². The predicted molar refractivity (Wildman–Crippen MR) is 117 cm³/mol. The quantitative estimate of drug-likeness (QED) is 0.679. The number of thiophene rings is 1. The van der Waals surface area contributed by atoms with E-state index < -0.39 is 31.8 Å². The molecule has 1 amide bonds. The monoisotopic (exact) mass is 492 g/mol. The standard InChI is InChI=1S/C18H19Cl2FN4O3S2/c1-17(2)16(22)25-18(3,8-30(17,27)28)14-11(20)5-13(29-14)15(26)24-7-12-10(19)4-9(21)6-23-12/h4-6H,7-8H2,1-3H3,(H2,22,25)(H,24,26). The molecule has 3 N–H and O–H groups in total. The summed E-state index contributed by atoms with van der Waals surface area (Å²) < 4.78 is 37.3. The first-order valence-electron chi connectivity index (χ1n) is 8.73. The summed E-state index contributed by atoms with van der Waals surface area (Å²) in [6.07, 6.45) is 1.00. The molecule has 0 fully saturated rings. The third kappa shape index (κ3) is 4.05. The van der Waals surface area contributed by atoms with E-state index in [1.807, 2.05) is 0 Å². The summed E-state index contributed by atoms with van der Waals surface area (Å²) in [7, 11) is -3.61.